The number of nitrogens with two attached hydrogens (primary N) is 1. The predicted molar refractivity (Wildman–Crippen MR) is 77.2 cm³/mol. The Labute approximate surface area is 122 Å². The molecule has 0 amide bonds. The molecule has 0 fully saturated rings. The average Bonchev–Trinajstić information content (AvgIpc) is 2.48. The van der Waals surface area contributed by atoms with Gasteiger partial charge in [0, 0.05) is 6.54 Å². The zero-order valence-electron chi connectivity index (χ0n) is 11.1. The normalized spacial score (nSPS) is 11.5. The van der Waals surface area contributed by atoms with Gasteiger partial charge < -0.3 is 10.8 Å². The summed E-state index contributed by atoms with van der Waals surface area (Å²) in [4.78, 5) is -0.283. The number of hydrogen-bond acceptors (Lipinski definition) is 4. The van der Waals surface area contributed by atoms with E-state index in [4.69, 9.17) is 10.8 Å². The van der Waals surface area contributed by atoms with Gasteiger partial charge in [0.25, 0.3) is 0 Å². The maximum atomic E-state index is 13.3. The van der Waals surface area contributed by atoms with Gasteiger partial charge in [0.1, 0.15) is 10.7 Å². The molecule has 0 bridgehead atoms. The van der Waals surface area contributed by atoms with Crippen LogP contribution in [0, 0.1) is 5.82 Å². The van der Waals surface area contributed by atoms with Crippen molar-refractivity contribution in [2.75, 3.05) is 5.73 Å². The van der Waals surface area contributed by atoms with Crippen molar-refractivity contribution in [3.8, 4) is 0 Å². The molecule has 0 radical (unpaired) electrons. The Kier molecular flexibility index (Phi) is 4.56. The average molecular weight is 310 g/mol. The van der Waals surface area contributed by atoms with Gasteiger partial charge in [-0.2, -0.15) is 0 Å². The zero-order valence-corrected chi connectivity index (χ0v) is 11.9. The smallest absolute Gasteiger partial charge is 0.243 e. The Balaban J connectivity index is 2.15. The lowest BCUT2D eigenvalue weighted by Gasteiger charge is -2.10. The summed E-state index contributed by atoms with van der Waals surface area (Å²) < 4.78 is 39.9. The molecular weight excluding hydrogens is 295 g/mol. The molecule has 112 valence electrons. The first-order chi connectivity index (χ1) is 9.94. The Morgan fingerprint density at radius 1 is 1.10 bits per heavy atom. The second-order valence-corrected chi connectivity index (χ2v) is 6.19. The molecular formula is C14H15FN2O3S. The van der Waals surface area contributed by atoms with E-state index >= 15 is 0 Å². The SMILES string of the molecule is Nc1c(F)cccc1S(=O)(=O)NCc1ccc(CO)cc1. The van der Waals surface area contributed by atoms with Crippen molar-refractivity contribution in [2.45, 2.75) is 18.0 Å². The monoisotopic (exact) mass is 310 g/mol. The molecule has 7 heteroatoms. The fourth-order valence-corrected chi connectivity index (χ4v) is 2.93. The van der Waals surface area contributed by atoms with Gasteiger partial charge in [0.2, 0.25) is 10.0 Å². The summed E-state index contributed by atoms with van der Waals surface area (Å²) in [5.41, 5.74) is 6.50. The van der Waals surface area contributed by atoms with Crippen LogP contribution in [-0.2, 0) is 23.2 Å². The largest absolute Gasteiger partial charge is 0.395 e. The van der Waals surface area contributed by atoms with Gasteiger partial charge >= 0.3 is 0 Å². The van der Waals surface area contributed by atoms with Gasteiger partial charge in [-0.05, 0) is 23.3 Å². The van der Waals surface area contributed by atoms with Crippen LogP contribution in [0.4, 0.5) is 10.1 Å². The maximum absolute atomic E-state index is 13.3. The zero-order chi connectivity index (χ0) is 15.5. The predicted octanol–water partition coefficient (Wildman–Crippen LogP) is 1.38. The molecule has 2 aromatic carbocycles. The van der Waals surface area contributed by atoms with Crippen molar-refractivity contribution in [3.63, 3.8) is 0 Å². The van der Waals surface area contributed by atoms with E-state index in [0.717, 1.165) is 11.6 Å². The van der Waals surface area contributed by atoms with Crippen molar-refractivity contribution < 1.29 is 17.9 Å². The number of anilines is 1. The molecule has 0 unspecified atom stereocenters. The second kappa shape index (κ2) is 6.21. The molecule has 0 saturated heterocycles. The number of benzene rings is 2. The summed E-state index contributed by atoms with van der Waals surface area (Å²) in [5, 5.41) is 8.93. The van der Waals surface area contributed by atoms with Gasteiger partial charge in [-0.25, -0.2) is 17.5 Å². The lowest BCUT2D eigenvalue weighted by Crippen LogP contribution is -2.24. The van der Waals surface area contributed by atoms with E-state index < -0.39 is 21.5 Å². The van der Waals surface area contributed by atoms with Crippen LogP contribution in [0.25, 0.3) is 0 Å². The van der Waals surface area contributed by atoms with Gasteiger partial charge in [-0.3, -0.25) is 0 Å². The van der Waals surface area contributed by atoms with Gasteiger partial charge in [0.15, 0.2) is 0 Å². The standard InChI is InChI=1S/C14H15FN2O3S/c15-12-2-1-3-13(14(12)16)21(19,20)17-8-10-4-6-11(9-18)7-5-10/h1-7,17-18H,8-9,16H2. The van der Waals surface area contributed by atoms with E-state index in [1.807, 2.05) is 0 Å². The minimum atomic E-state index is -3.89. The molecule has 0 heterocycles. The van der Waals surface area contributed by atoms with Crippen LogP contribution in [0.2, 0.25) is 0 Å². The van der Waals surface area contributed by atoms with Crippen molar-refractivity contribution in [1.29, 1.82) is 0 Å². The Morgan fingerprint density at radius 2 is 1.71 bits per heavy atom. The minimum absolute atomic E-state index is 0.0456. The number of halogens is 1. The molecule has 2 aromatic rings. The van der Waals surface area contributed by atoms with Crippen LogP contribution < -0.4 is 10.5 Å². The maximum Gasteiger partial charge on any atom is 0.243 e. The number of nitrogen functional groups attached to an aromatic ring is 1. The third-order valence-electron chi connectivity index (χ3n) is 2.97. The summed E-state index contributed by atoms with van der Waals surface area (Å²) in [6.07, 6.45) is 0. The number of nitrogens with one attached hydrogen (secondary N) is 1. The van der Waals surface area contributed by atoms with Gasteiger partial charge in [-0.1, -0.05) is 30.3 Å². The van der Waals surface area contributed by atoms with Crippen molar-refractivity contribution in [3.05, 3.63) is 59.4 Å². The molecule has 4 N–H and O–H groups in total. The molecule has 0 aliphatic rings. The molecule has 5 nitrogen and oxygen atoms in total. The fraction of sp³-hybridized carbons (Fsp3) is 0.143. The molecule has 0 aliphatic carbocycles. The number of rotatable bonds is 5. The van der Waals surface area contributed by atoms with Crippen molar-refractivity contribution in [1.82, 2.24) is 4.72 Å². The van der Waals surface area contributed by atoms with E-state index in [1.165, 1.54) is 12.1 Å². The van der Waals surface area contributed by atoms with E-state index in [-0.39, 0.29) is 18.0 Å². The number of para-hydroxylation sites is 1. The number of sulfonamides is 1. The lowest BCUT2D eigenvalue weighted by atomic mass is 10.1. The summed E-state index contributed by atoms with van der Waals surface area (Å²) in [7, 11) is -3.89. The van der Waals surface area contributed by atoms with E-state index in [2.05, 4.69) is 4.72 Å². The van der Waals surface area contributed by atoms with Crippen molar-refractivity contribution >= 4 is 15.7 Å². The first-order valence-electron chi connectivity index (χ1n) is 6.16. The number of aliphatic hydroxyl groups excluding tert-OH is 1. The van der Waals surface area contributed by atoms with Crippen LogP contribution in [0.5, 0.6) is 0 Å². The summed E-state index contributed by atoms with van der Waals surface area (Å²) in [6, 6.07) is 10.4. The molecule has 0 aliphatic heterocycles. The molecule has 0 atom stereocenters. The van der Waals surface area contributed by atoms with Crippen LogP contribution in [0.3, 0.4) is 0 Å². The van der Waals surface area contributed by atoms with E-state index in [9.17, 15) is 12.8 Å². The van der Waals surface area contributed by atoms with Crippen LogP contribution in [0.1, 0.15) is 11.1 Å². The molecule has 0 aromatic heterocycles. The highest BCUT2D eigenvalue weighted by Crippen LogP contribution is 2.21. The Bertz CT molecular complexity index is 730. The van der Waals surface area contributed by atoms with Gasteiger partial charge in [-0.15, -0.1) is 0 Å². The molecule has 21 heavy (non-hydrogen) atoms. The Hall–Kier alpha value is -1.96. The van der Waals surface area contributed by atoms with E-state index in [1.54, 1.807) is 24.3 Å². The second-order valence-electron chi connectivity index (χ2n) is 4.45. The number of aliphatic hydroxyl groups is 1. The highest BCUT2D eigenvalue weighted by Gasteiger charge is 2.19. The van der Waals surface area contributed by atoms with Crippen LogP contribution in [-0.4, -0.2) is 13.5 Å². The topological polar surface area (TPSA) is 92.4 Å². The third-order valence-corrected chi connectivity index (χ3v) is 4.43. The lowest BCUT2D eigenvalue weighted by molar-refractivity contribution is 0.282. The summed E-state index contributed by atoms with van der Waals surface area (Å²) in [6.45, 7) is -0.0319. The van der Waals surface area contributed by atoms with Crippen LogP contribution >= 0.6 is 0 Å². The quantitative estimate of drug-likeness (QED) is 0.727. The van der Waals surface area contributed by atoms with Gasteiger partial charge in [0.05, 0.1) is 12.3 Å². The Morgan fingerprint density at radius 3 is 2.33 bits per heavy atom. The highest BCUT2D eigenvalue weighted by atomic mass is 32.2. The first kappa shape index (κ1) is 15.4. The summed E-state index contributed by atoms with van der Waals surface area (Å²) >= 11 is 0. The number of hydrogen-bond donors (Lipinski definition) is 3. The van der Waals surface area contributed by atoms with E-state index in [0.29, 0.717) is 5.56 Å². The fourth-order valence-electron chi connectivity index (χ4n) is 1.77. The summed E-state index contributed by atoms with van der Waals surface area (Å²) in [5.74, 6) is -0.773. The molecule has 0 saturated carbocycles. The first-order valence-corrected chi connectivity index (χ1v) is 7.64. The molecule has 0 spiro atoms. The van der Waals surface area contributed by atoms with Crippen LogP contribution in [0.15, 0.2) is 47.4 Å². The minimum Gasteiger partial charge on any atom is -0.395 e. The molecule has 2 rings (SSSR count). The van der Waals surface area contributed by atoms with Crippen molar-refractivity contribution in [2.24, 2.45) is 0 Å². The third kappa shape index (κ3) is 3.57. The highest BCUT2D eigenvalue weighted by molar-refractivity contribution is 7.89.